The van der Waals surface area contributed by atoms with Crippen molar-refractivity contribution in [3.63, 3.8) is 0 Å². The quantitative estimate of drug-likeness (QED) is 0.378. The van der Waals surface area contributed by atoms with Gasteiger partial charge in [0.1, 0.15) is 0 Å². The van der Waals surface area contributed by atoms with Crippen molar-refractivity contribution in [3.05, 3.63) is 12.7 Å². The molecule has 0 spiro atoms. The van der Waals surface area contributed by atoms with Crippen molar-refractivity contribution < 1.29 is 9.90 Å². The van der Waals surface area contributed by atoms with Gasteiger partial charge in [-0.2, -0.15) is 0 Å². The second-order valence-corrected chi connectivity index (χ2v) is 2.43. The summed E-state index contributed by atoms with van der Waals surface area (Å²) >= 11 is 0. The van der Waals surface area contributed by atoms with Crippen LogP contribution in [0.3, 0.4) is 0 Å². The number of hydrogen-bond donors (Lipinski definition) is 3. The van der Waals surface area contributed by atoms with Crippen LogP contribution in [-0.4, -0.2) is 30.3 Å². The van der Waals surface area contributed by atoms with E-state index in [1.165, 1.54) is 0 Å². The summed E-state index contributed by atoms with van der Waals surface area (Å²) in [4.78, 5) is 10.2. The third-order valence-corrected chi connectivity index (χ3v) is 1.42. The first-order chi connectivity index (χ1) is 5.70. The maximum atomic E-state index is 10.2. The molecule has 0 radical (unpaired) electrons. The minimum absolute atomic E-state index is 0.0113. The van der Waals surface area contributed by atoms with Gasteiger partial charge in [0.25, 0.3) is 0 Å². The Labute approximate surface area is 72.7 Å². The lowest BCUT2D eigenvalue weighted by atomic mass is 10.3. The molecule has 70 valence electrons. The van der Waals surface area contributed by atoms with E-state index in [-0.39, 0.29) is 12.7 Å². The van der Waals surface area contributed by atoms with Crippen LogP contribution in [0.1, 0.15) is 13.3 Å². The van der Waals surface area contributed by atoms with Gasteiger partial charge in [0, 0.05) is 6.54 Å². The fourth-order valence-corrected chi connectivity index (χ4v) is 0.797. The molecule has 0 bridgehead atoms. The number of hydrogen-bond acceptors (Lipinski definition) is 3. The number of carboxylic acid groups (broad SMARTS) is 1. The molecular formula is C8H16N2O2. The van der Waals surface area contributed by atoms with Gasteiger partial charge in [0.15, 0.2) is 0 Å². The van der Waals surface area contributed by atoms with Crippen LogP contribution in [0, 0.1) is 0 Å². The van der Waals surface area contributed by atoms with E-state index in [4.69, 9.17) is 5.11 Å². The highest BCUT2D eigenvalue weighted by Gasteiger charge is 2.04. The van der Waals surface area contributed by atoms with Gasteiger partial charge < -0.3 is 5.11 Å². The standard InChI is InChI=1S/C8H16N2O2/c1-3-5-9-7(4-2)10-6-8(11)12/h3,7,9-10H,1,4-6H2,2H3,(H,11,12). The van der Waals surface area contributed by atoms with E-state index in [0.717, 1.165) is 6.42 Å². The van der Waals surface area contributed by atoms with E-state index in [1.807, 2.05) is 6.92 Å². The first kappa shape index (κ1) is 11.1. The summed E-state index contributed by atoms with van der Waals surface area (Å²) in [6, 6.07) is 0. The van der Waals surface area contributed by atoms with Gasteiger partial charge >= 0.3 is 5.97 Å². The molecule has 0 aromatic carbocycles. The fourth-order valence-electron chi connectivity index (χ4n) is 0.797. The van der Waals surface area contributed by atoms with Crippen molar-refractivity contribution in [2.24, 2.45) is 0 Å². The molecular weight excluding hydrogens is 156 g/mol. The molecule has 0 aliphatic carbocycles. The molecule has 0 aromatic heterocycles. The second kappa shape index (κ2) is 6.82. The van der Waals surface area contributed by atoms with Crippen LogP contribution in [0.15, 0.2) is 12.7 Å². The predicted octanol–water partition coefficient (Wildman–Crippen LogP) is 0.172. The Morgan fingerprint density at radius 3 is 2.75 bits per heavy atom. The Kier molecular flexibility index (Phi) is 6.32. The zero-order valence-electron chi connectivity index (χ0n) is 7.34. The average molecular weight is 172 g/mol. The number of carboxylic acids is 1. The van der Waals surface area contributed by atoms with Gasteiger partial charge in [0.05, 0.1) is 12.7 Å². The molecule has 0 saturated heterocycles. The van der Waals surface area contributed by atoms with E-state index in [2.05, 4.69) is 17.2 Å². The van der Waals surface area contributed by atoms with Crippen LogP contribution in [0.25, 0.3) is 0 Å². The van der Waals surface area contributed by atoms with Gasteiger partial charge in [-0.05, 0) is 6.42 Å². The molecule has 0 rings (SSSR count). The highest BCUT2D eigenvalue weighted by Crippen LogP contribution is 1.84. The Bertz CT molecular complexity index is 148. The van der Waals surface area contributed by atoms with Crippen molar-refractivity contribution in [2.75, 3.05) is 13.1 Å². The summed E-state index contributed by atoms with van der Waals surface area (Å²) in [6.07, 6.45) is 2.64. The summed E-state index contributed by atoms with van der Waals surface area (Å²) in [5.41, 5.74) is 0. The first-order valence-electron chi connectivity index (χ1n) is 4.00. The topological polar surface area (TPSA) is 61.4 Å². The van der Waals surface area contributed by atoms with Gasteiger partial charge in [0.2, 0.25) is 0 Å². The van der Waals surface area contributed by atoms with Gasteiger partial charge in [-0.25, -0.2) is 0 Å². The lowest BCUT2D eigenvalue weighted by molar-refractivity contribution is -0.136. The maximum absolute atomic E-state index is 10.2. The Balaban J connectivity index is 3.52. The van der Waals surface area contributed by atoms with E-state index < -0.39 is 5.97 Å². The van der Waals surface area contributed by atoms with E-state index in [0.29, 0.717) is 6.54 Å². The van der Waals surface area contributed by atoms with Crippen molar-refractivity contribution in [3.8, 4) is 0 Å². The molecule has 4 heteroatoms. The molecule has 0 saturated carbocycles. The Morgan fingerprint density at radius 1 is 1.67 bits per heavy atom. The maximum Gasteiger partial charge on any atom is 0.317 e. The molecule has 0 fully saturated rings. The second-order valence-electron chi connectivity index (χ2n) is 2.43. The predicted molar refractivity (Wildman–Crippen MR) is 47.9 cm³/mol. The van der Waals surface area contributed by atoms with Crippen LogP contribution >= 0.6 is 0 Å². The van der Waals surface area contributed by atoms with E-state index >= 15 is 0 Å². The van der Waals surface area contributed by atoms with Crippen LogP contribution in [0.4, 0.5) is 0 Å². The molecule has 0 aliphatic heterocycles. The fraction of sp³-hybridized carbons (Fsp3) is 0.625. The third-order valence-electron chi connectivity index (χ3n) is 1.42. The van der Waals surface area contributed by atoms with Crippen LogP contribution in [-0.2, 0) is 4.79 Å². The SMILES string of the molecule is C=CCNC(CC)NCC(=O)O. The molecule has 3 N–H and O–H groups in total. The Morgan fingerprint density at radius 2 is 2.33 bits per heavy atom. The molecule has 0 aromatic rings. The smallest absolute Gasteiger partial charge is 0.317 e. The van der Waals surface area contributed by atoms with Crippen LogP contribution < -0.4 is 10.6 Å². The average Bonchev–Trinajstić information content (AvgIpc) is 2.05. The van der Waals surface area contributed by atoms with E-state index in [9.17, 15) is 4.79 Å². The normalized spacial score (nSPS) is 12.4. The van der Waals surface area contributed by atoms with Crippen LogP contribution in [0.5, 0.6) is 0 Å². The van der Waals surface area contributed by atoms with Crippen LogP contribution in [0.2, 0.25) is 0 Å². The minimum atomic E-state index is -0.839. The number of aliphatic carboxylic acids is 1. The summed E-state index contributed by atoms with van der Waals surface area (Å²) in [6.45, 7) is 6.21. The van der Waals surface area contributed by atoms with Crippen molar-refractivity contribution in [2.45, 2.75) is 19.5 Å². The number of rotatable bonds is 7. The first-order valence-corrected chi connectivity index (χ1v) is 4.00. The number of nitrogens with one attached hydrogen (secondary N) is 2. The van der Waals surface area contributed by atoms with Crippen molar-refractivity contribution >= 4 is 5.97 Å². The monoisotopic (exact) mass is 172 g/mol. The van der Waals surface area contributed by atoms with Crippen molar-refractivity contribution in [1.29, 1.82) is 0 Å². The van der Waals surface area contributed by atoms with Crippen molar-refractivity contribution in [1.82, 2.24) is 10.6 Å². The van der Waals surface area contributed by atoms with E-state index in [1.54, 1.807) is 6.08 Å². The molecule has 0 aliphatic rings. The number of carbonyl (C=O) groups is 1. The zero-order chi connectivity index (χ0) is 9.40. The molecule has 0 amide bonds. The molecule has 1 atom stereocenters. The third kappa shape index (κ3) is 5.88. The lowest BCUT2D eigenvalue weighted by Gasteiger charge is -2.15. The molecule has 12 heavy (non-hydrogen) atoms. The van der Waals surface area contributed by atoms with Gasteiger partial charge in [-0.1, -0.05) is 13.0 Å². The summed E-state index contributed by atoms with van der Waals surface area (Å²) in [5, 5.41) is 14.3. The van der Waals surface area contributed by atoms with Gasteiger partial charge in [-0.15, -0.1) is 6.58 Å². The summed E-state index contributed by atoms with van der Waals surface area (Å²) < 4.78 is 0. The molecule has 1 unspecified atom stereocenters. The molecule has 4 nitrogen and oxygen atoms in total. The highest BCUT2D eigenvalue weighted by atomic mass is 16.4. The summed E-state index contributed by atoms with van der Waals surface area (Å²) in [7, 11) is 0. The summed E-state index contributed by atoms with van der Waals surface area (Å²) in [5.74, 6) is -0.839. The minimum Gasteiger partial charge on any atom is -0.480 e. The molecule has 0 heterocycles. The highest BCUT2D eigenvalue weighted by molar-refractivity contribution is 5.69. The largest absolute Gasteiger partial charge is 0.480 e. The Hall–Kier alpha value is -0.870. The van der Waals surface area contributed by atoms with Gasteiger partial charge in [-0.3, -0.25) is 15.4 Å². The lowest BCUT2D eigenvalue weighted by Crippen LogP contribution is -2.43. The zero-order valence-corrected chi connectivity index (χ0v) is 7.34.